The molecule has 0 spiro atoms. The Morgan fingerprint density at radius 3 is 2.65 bits per heavy atom. The van der Waals surface area contributed by atoms with Gasteiger partial charge in [-0.3, -0.25) is 0 Å². The molecule has 1 fully saturated rings. The van der Waals surface area contributed by atoms with Gasteiger partial charge in [-0.2, -0.15) is 0 Å². The summed E-state index contributed by atoms with van der Waals surface area (Å²) >= 11 is 0. The molecule has 2 atom stereocenters. The molecule has 2 N–H and O–H groups in total. The van der Waals surface area contributed by atoms with E-state index < -0.39 is 0 Å². The third kappa shape index (κ3) is 3.62. The summed E-state index contributed by atoms with van der Waals surface area (Å²) in [4.78, 5) is 8.78. The molecular formula is C16H28N4. The van der Waals surface area contributed by atoms with Crippen LogP contribution in [0.4, 0.5) is 11.6 Å². The second kappa shape index (κ2) is 7.46. The molecular weight excluding hydrogens is 248 g/mol. The first-order valence-electron chi connectivity index (χ1n) is 8.01. The van der Waals surface area contributed by atoms with Gasteiger partial charge in [-0.1, -0.05) is 39.5 Å². The molecule has 0 aliphatic heterocycles. The summed E-state index contributed by atoms with van der Waals surface area (Å²) in [5.74, 6) is 3.59. The Hall–Kier alpha value is -1.32. The lowest BCUT2D eigenvalue weighted by molar-refractivity contribution is 0.268. The van der Waals surface area contributed by atoms with Crippen molar-refractivity contribution in [1.82, 2.24) is 9.97 Å². The van der Waals surface area contributed by atoms with Gasteiger partial charge in [-0.15, -0.1) is 0 Å². The summed E-state index contributed by atoms with van der Waals surface area (Å²) in [6, 6.07) is 0. The Labute approximate surface area is 122 Å². The Morgan fingerprint density at radius 1 is 1.20 bits per heavy atom. The van der Waals surface area contributed by atoms with Crippen molar-refractivity contribution in [2.45, 2.75) is 52.4 Å². The van der Waals surface area contributed by atoms with Crippen LogP contribution in [0.25, 0.3) is 0 Å². The molecule has 1 aliphatic rings. The molecule has 2 rings (SSSR count). The van der Waals surface area contributed by atoms with Gasteiger partial charge < -0.3 is 10.6 Å². The van der Waals surface area contributed by atoms with E-state index in [1.807, 2.05) is 7.05 Å². The van der Waals surface area contributed by atoms with E-state index in [-0.39, 0.29) is 0 Å². The second-order valence-electron chi connectivity index (χ2n) is 5.95. The van der Waals surface area contributed by atoms with E-state index >= 15 is 0 Å². The van der Waals surface area contributed by atoms with E-state index in [4.69, 9.17) is 0 Å². The second-order valence-corrected chi connectivity index (χ2v) is 5.95. The Bertz CT molecular complexity index is 419. The maximum absolute atomic E-state index is 4.45. The van der Waals surface area contributed by atoms with Gasteiger partial charge >= 0.3 is 0 Å². The van der Waals surface area contributed by atoms with Crippen LogP contribution >= 0.6 is 0 Å². The lowest BCUT2D eigenvalue weighted by Gasteiger charge is -2.29. The van der Waals surface area contributed by atoms with Gasteiger partial charge in [0, 0.05) is 19.2 Å². The zero-order valence-corrected chi connectivity index (χ0v) is 13.1. The molecule has 1 aromatic rings. The molecule has 4 nitrogen and oxygen atoms in total. The van der Waals surface area contributed by atoms with E-state index in [0.29, 0.717) is 0 Å². The van der Waals surface area contributed by atoms with Gasteiger partial charge in [-0.25, -0.2) is 9.97 Å². The van der Waals surface area contributed by atoms with E-state index in [2.05, 4.69) is 34.4 Å². The van der Waals surface area contributed by atoms with Crippen LogP contribution in [0.5, 0.6) is 0 Å². The molecule has 20 heavy (non-hydrogen) atoms. The summed E-state index contributed by atoms with van der Waals surface area (Å²) < 4.78 is 0. The van der Waals surface area contributed by atoms with Crippen molar-refractivity contribution in [3.63, 3.8) is 0 Å². The zero-order valence-electron chi connectivity index (χ0n) is 13.1. The highest BCUT2D eigenvalue weighted by Crippen LogP contribution is 2.30. The first kappa shape index (κ1) is 15.1. The van der Waals surface area contributed by atoms with Crippen molar-refractivity contribution in [2.75, 3.05) is 24.2 Å². The van der Waals surface area contributed by atoms with Gasteiger partial charge in [0.15, 0.2) is 0 Å². The quantitative estimate of drug-likeness (QED) is 0.831. The summed E-state index contributed by atoms with van der Waals surface area (Å²) in [7, 11) is 1.93. The van der Waals surface area contributed by atoms with Crippen molar-refractivity contribution < 1.29 is 0 Å². The average Bonchev–Trinajstić information content (AvgIpc) is 2.47. The highest BCUT2D eigenvalue weighted by atomic mass is 15.1. The molecule has 112 valence electrons. The van der Waals surface area contributed by atoms with Crippen molar-refractivity contribution in [3.05, 3.63) is 11.9 Å². The van der Waals surface area contributed by atoms with Crippen LogP contribution in [0.1, 0.15) is 51.5 Å². The molecule has 1 aromatic heterocycles. The number of nitrogens with zero attached hydrogens (tertiary/aromatic N) is 2. The topological polar surface area (TPSA) is 49.8 Å². The molecule has 0 bridgehead atoms. The standard InChI is InChI=1S/C16H28N4/c1-4-7-14-15(17-3)19-11-20-16(14)18-10-13-9-6-5-8-12(13)2/h11-13H,4-10H2,1-3H3,(H2,17,18,19,20). The first-order valence-corrected chi connectivity index (χ1v) is 8.01. The minimum atomic E-state index is 0.784. The predicted octanol–water partition coefficient (Wildman–Crippen LogP) is 3.71. The molecule has 1 heterocycles. The fourth-order valence-electron chi connectivity index (χ4n) is 3.19. The van der Waals surface area contributed by atoms with Gasteiger partial charge in [-0.05, 0) is 24.7 Å². The van der Waals surface area contributed by atoms with Crippen molar-refractivity contribution >= 4 is 11.6 Å². The number of aromatic nitrogens is 2. The lowest BCUT2D eigenvalue weighted by atomic mass is 9.80. The van der Waals surface area contributed by atoms with Crippen LogP contribution in [0, 0.1) is 11.8 Å². The first-order chi connectivity index (χ1) is 9.76. The fraction of sp³-hybridized carbons (Fsp3) is 0.750. The minimum absolute atomic E-state index is 0.784. The highest BCUT2D eigenvalue weighted by Gasteiger charge is 2.21. The third-order valence-electron chi connectivity index (χ3n) is 4.50. The Kier molecular flexibility index (Phi) is 5.62. The van der Waals surface area contributed by atoms with Crippen molar-refractivity contribution in [2.24, 2.45) is 11.8 Å². The molecule has 0 amide bonds. The molecule has 1 aliphatic carbocycles. The number of hydrogen-bond acceptors (Lipinski definition) is 4. The number of anilines is 2. The normalized spacial score (nSPS) is 22.6. The van der Waals surface area contributed by atoms with Crippen LogP contribution in [0.2, 0.25) is 0 Å². The van der Waals surface area contributed by atoms with Gasteiger partial charge in [0.25, 0.3) is 0 Å². The maximum Gasteiger partial charge on any atom is 0.134 e. The zero-order chi connectivity index (χ0) is 14.4. The SMILES string of the molecule is CCCc1c(NC)ncnc1NCC1CCCCC1C. The van der Waals surface area contributed by atoms with E-state index in [9.17, 15) is 0 Å². The fourth-order valence-corrected chi connectivity index (χ4v) is 3.19. The van der Waals surface area contributed by atoms with E-state index in [1.54, 1.807) is 6.33 Å². The Balaban J connectivity index is 2.04. The molecule has 0 radical (unpaired) electrons. The van der Waals surface area contributed by atoms with Gasteiger partial charge in [0.1, 0.15) is 18.0 Å². The third-order valence-corrected chi connectivity index (χ3v) is 4.50. The van der Waals surface area contributed by atoms with Crippen LogP contribution in [-0.4, -0.2) is 23.6 Å². The van der Waals surface area contributed by atoms with Crippen LogP contribution in [0.3, 0.4) is 0 Å². The summed E-state index contributed by atoms with van der Waals surface area (Å²) in [6.07, 6.45) is 9.27. The maximum atomic E-state index is 4.45. The monoisotopic (exact) mass is 276 g/mol. The molecule has 4 heteroatoms. The van der Waals surface area contributed by atoms with Crippen molar-refractivity contribution in [3.8, 4) is 0 Å². The van der Waals surface area contributed by atoms with E-state index in [1.165, 1.54) is 31.2 Å². The van der Waals surface area contributed by atoms with Crippen LogP contribution in [0.15, 0.2) is 6.33 Å². The largest absolute Gasteiger partial charge is 0.373 e. The number of nitrogens with one attached hydrogen (secondary N) is 2. The van der Waals surface area contributed by atoms with Gasteiger partial charge in [0.05, 0.1) is 0 Å². The molecule has 1 saturated carbocycles. The number of rotatable bonds is 6. The van der Waals surface area contributed by atoms with Crippen LogP contribution < -0.4 is 10.6 Å². The average molecular weight is 276 g/mol. The smallest absolute Gasteiger partial charge is 0.134 e. The van der Waals surface area contributed by atoms with E-state index in [0.717, 1.165) is 42.9 Å². The summed E-state index contributed by atoms with van der Waals surface area (Å²) in [5.41, 5.74) is 1.22. The predicted molar refractivity (Wildman–Crippen MR) is 85.2 cm³/mol. The molecule has 0 saturated heterocycles. The number of hydrogen-bond donors (Lipinski definition) is 2. The van der Waals surface area contributed by atoms with Crippen LogP contribution in [-0.2, 0) is 6.42 Å². The highest BCUT2D eigenvalue weighted by molar-refractivity contribution is 5.57. The lowest BCUT2D eigenvalue weighted by Crippen LogP contribution is -2.25. The molecule has 0 aromatic carbocycles. The minimum Gasteiger partial charge on any atom is -0.373 e. The molecule has 2 unspecified atom stereocenters. The summed E-state index contributed by atoms with van der Waals surface area (Å²) in [5, 5.41) is 6.76. The summed E-state index contributed by atoms with van der Waals surface area (Å²) in [6.45, 7) is 5.62. The van der Waals surface area contributed by atoms with Gasteiger partial charge in [0.2, 0.25) is 0 Å². The van der Waals surface area contributed by atoms with Crippen molar-refractivity contribution in [1.29, 1.82) is 0 Å². The Morgan fingerprint density at radius 2 is 1.95 bits per heavy atom.